The molecule has 0 aliphatic carbocycles. The lowest BCUT2D eigenvalue weighted by Gasteiger charge is -2.40. The Kier molecular flexibility index (Phi) is 4.03. The van der Waals surface area contributed by atoms with E-state index < -0.39 is 0 Å². The quantitative estimate of drug-likeness (QED) is 0.822. The third kappa shape index (κ3) is 2.72. The summed E-state index contributed by atoms with van der Waals surface area (Å²) in [6.45, 7) is 3.21. The van der Waals surface area contributed by atoms with Gasteiger partial charge in [-0.3, -0.25) is 9.69 Å². The number of hydrogen-bond donors (Lipinski definition) is 0. The first kappa shape index (κ1) is 13.6. The molecule has 0 spiro atoms. The van der Waals surface area contributed by atoms with E-state index in [0.717, 1.165) is 39.1 Å². The van der Waals surface area contributed by atoms with Crippen LogP contribution in [-0.2, 0) is 9.53 Å². The van der Waals surface area contributed by atoms with E-state index in [4.69, 9.17) is 4.74 Å². The molecule has 108 valence electrons. The van der Waals surface area contributed by atoms with Crippen molar-refractivity contribution in [2.24, 2.45) is 0 Å². The van der Waals surface area contributed by atoms with Gasteiger partial charge in [0.2, 0.25) is 0 Å². The molecule has 2 fully saturated rings. The van der Waals surface area contributed by atoms with E-state index in [-0.39, 0.29) is 18.1 Å². The van der Waals surface area contributed by atoms with Gasteiger partial charge in [-0.05, 0) is 25.5 Å². The van der Waals surface area contributed by atoms with Gasteiger partial charge in [0, 0.05) is 26.2 Å². The monoisotopic (exact) mass is 274 g/mol. The van der Waals surface area contributed by atoms with Crippen molar-refractivity contribution in [2.45, 2.75) is 25.0 Å². The van der Waals surface area contributed by atoms with Crippen LogP contribution in [0, 0.1) is 0 Å². The first-order chi connectivity index (χ1) is 9.75. The third-order valence-electron chi connectivity index (χ3n) is 4.35. The summed E-state index contributed by atoms with van der Waals surface area (Å²) in [4.78, 5) is 16.8. The maximum Gasteiger partial charge on any atom is 0.251 e. The highest BCUT2D eigenvalue weighted by atomic mass is 16.5. The number of likely N-dealkylation sites (N-methyl/N-ethyl adjacent to an activating group) is 1. The van der Waals surface area contributed by atoms with Gasteiger partial charge in [0.25, 0.3) is 5.91 Å². The zero-order valence-electron chi connectivity index (χ0n) is 12.0. The third-order valence-corrected chi connectivity index (χ3v) is 4.35. The van der Waals surface area contributed by atoms with Gasteiger partial charge in [-0.2, -0.15) is 0 Å². The first-order valence-corrected chi connectivity index (χ1v) is 7.41. The normalized spacial score (nSPS) is 27.8. The van der Waals surface area contributed by atoms with Crippen molar-refractivity contribution in [2.75, 3.05) is 33.3 Å². The maximum atomic E-state index is 12.5. The second kappa shape index (κ2) is 5.94. The number of piperazine rings is 1. The molecule has 2 aliphatic rings. The molecular weight excluding hydrogens is 252 g/mol. The molecule has 2 atom stereocenters. The lowest BCUT2D eigenvalue weighted by molar-refractivity contribution is -0.143. The van der Waals surface area contributed by atoms with Crippen molar-refractivity contribution in [1.29, 1.82) is 0 Å². The number of ether oxygens (including phenoxy) is 1. The Morgan fingerprint density at radius 3 is 2.75 bits per heavy atom. The largest absolute Gasteiger partial charge is 0.368 e. The Labute approximate surface area is 120 Å². The molecule has 0 bridgehead atoms. The van der Waals surface area contributed by atoms with E-state index in [9.17, 15) is 4.79 Å². The predicted octanol–water partition coefficient (Wildman–Crippen LogP) is 1.68. The zero-order chi connectivity index (χ0) is 13.9. The van der Waals surface area contributed by atoms with Crippen molar-refractivity contribution in [3.05, 3.63) is 35.9 Å². The molecule has 0 radical (unpaired) electrons. The highest BCUT2D eigenvalue weighted by Crippen LogP contribution is 2.25. The molecule has 2 saturated heterocycles. The molecule has 2 heterocycles. The summed E-state index contributed by atoms with van der Waals surface area (Å²) < 4.78 is 5.53. The molecule has 2 aliphatic heterocycles. The van der Waals surface area contributed by atoms with Crippen molar-refractivity contribution in [3.8, 4) is 0 Å². The summed E-state index contributed by atoms with van der Waals surface area (Å²) in [6, 6.07) is 10.7. The molecule has 2 unspecified atom stereocenters. The smallest absolute Gasteiger partial charge is 0.251 e. The van der Waals surface area contributed by atoms with Crippen LogP contribution in [0.4, 0.5) is 0 Å². The molecule has 4 heteroatoms. The molecule has 1 amide bonds. The van der Waals surface area contributed by atoms with Crippen LogP contribution >= 0.6 is 0 Å². The van der Waals surface area contributed by atoms with Gasteiger partial charge in [0.05, 0.1) is 6.04 Å². The summed E-state index contributed by atoms with van der Waals surface area (Å²) in [7, 11) is 2.13. The van der Waals surface area contributed by atoms with Gasteiger partial charge in [0.15, 0.2) is 0 Å². The van der Waals surface area contributed by atoms with Crippen LogP contribution in [0.15, 0.2) is 30.3 Å². The number of benzene rings is 1. The SMILES string of the molecule is CN1CCN(C(=O)C2CCCO2)CC1c1ccccc1. The fourth-order valence-corrected chi connectivity index (χ4v) is 3.09. The van der Waals surface area contributed by atoms with Gasteiger partial charge in [-0.1, -0.05) is 30.3 Å². The Morgan fingerprint density at radius 2 is 2.05 bits per heavy atom. The summed E-state index contributed by atoms with van der Waals surface area (Å²) in [5.41, 5.74) is 1.28. The minimum absolute atomic E-state index is 0.177. The molecule has 0 saturated carbocycles. The molecule has 1 aromatic rings. The second-order valence-corrected chi connectivity index (χ2v) is 5.69. The average Bonchev–Trinajstić information content (AvgIpc) is 3.02. The van der Waals surface area contributed by atoms with Crippen molar-refractivity contribution in [3.63, 3.8) is 0 Å². The summed E-state index contributed by atoms with van der Waals surface area (Å²) in [5.74, 6) is 0.177. The second-order valence-electron chi connectivity index (χ2n) is 5.69. The summed E-state index contributed by atoms with van der Waals surface area (Å²) >= 11 is 0. The van der Waals surface area contributed by atoms with E-state index in [1.807, 2.05) is 11.0 Å². The van der Waals surface area contributed by atoms with E-state index in [2.05, 4.69) is 36.2 Å². The van der Waals surface area contributed by atoms with Gasteiger partial charge in [-0.15, -0.1) is 0 Å². The minimum atomic E-state index is -0.199. The average molecular weight is 274 g/mol. The summed E-state index contributed by atoms with van der Waals surface area (Å²) in [5, 5.41) is 0. The van der Waals surface area contributed by atoms with E-state index in [1.54, 1.807) is 0 Å². The molecule has 1 aromatic carbocycles. The predicted molar refractivity (Wildman–Crippen MR) is 77.4 cm³/mol. The molecule has 20 heavy (non-hydrogen) atoms. The molecular formula is C16H22N2O2. The fourth-order valence-electron chi connectivity index (χ4n) is 3.09. The number of nitrogens with zero attached hydrogens (tertiary/aromatic N) is 2. The van der Waals surface area contributed by atoms with Crippen LogP contribution in [0.5, 0.6) is 0 Å². The van der Waals surface area contributed by atoms with Gasteiger partial charge in [-0.25, -0.2) is 0 Å². The highest BCUT2D eigenvalue weighted by molar-refractivity contribution is 5.81. The Morgan fingerprint density at radius 1 is 1.25 bits per heavy atom. The fraction of sp³-hybridized carbons (Fsp3) is 0.562. The molecule has 3 rings (SSSR count). The van der Waals surface area contributed by atoms with Crippen molar-refractivity contribution in [1.82, 2.24) is 9.80 Å². The van der Waals surface area contributed by atoms with E-state index in [0.29, 0.717) is 0 Å². The number of carbonyl (C=O) groups excluding carboxylic acids is 1. The lowest BCUT2D eigenvalue weighted by atomic mass is 10.0. The number of carbonyl (C=O) groups is 1. The summed E-state index contributed by atoms with van der Waals surface area (Å²) in [6.07, 6.45) is 1.68. The minimum Gasteiger partial charge on any atom is -0.368 e. The van der Waals surface area contributed by atoms with Crippen LogP contribution in [-0.4, -0.2) is 55.1 Å². The number of hydrogen-bond acceptors (Lipinski definition) is 3. The lowest BCUT2D eigenvalue weighted by Crippen LogP contribution is -2.51. The van der Waals surface area contributed by atoms with Crippen LogP contribution in [0.3, 0.4) is 0 Å². The van der Waals surface area contributed by atoms with Gasteiger partial charge >= 0.3 is 0 Å². The standard InChI is InChI=1S/C16H22N2O2/c1-17-9-10-18(16(19)15-8-5-11-20-15)12-14(17)13-6-3-2-4-7-13/h2-4,6-7,14-15H,5,8-12H2,1H3. The van der Waals surface area contributed by atoms with E-state index in [1.165, 1.54) is 5.56 Å². The number of amides is 1. The van der Waals surface area contributed by atoms with Crippen molar-refractivity contribution >= 4 is 5.91 Å². The van der Waals surface area contributed by atoms with Crippen LogP contribution in [0.2, 0.25) is 0 Å². The topological polar surface area (TPSA) is 32.8 Å². The van der Waals surface area contributed by atoms with Crippen LogP contribution in [0.25, 0.3) is 0 Å². The van der Waals surface area contributed by atoms with Crippen molar-refractivity contribution < 1.29 is 9.53 Å². The Hall–Kier alpha value is -1.39. The Balaban J connectivity index is 1.71. The first-order valence-electron chi connectivity index (χ1n) is 7.41. The van der Waals surface area contributed by atoms with Crippen LogP contribution in [0.1, 0.15) is 24.4 Å². The molecule has 4 nitrogen and oxygen atoms in total. The zero-order valence-corrected chi connectivity index (χ0v) is 12.0. The molecule has 0 N–H and O–H groups in total. The highest BCUT2D eigenvalue weighted by Gasteiger charge is 2.33. The van der Waals surface area contributed by atoms with E-state index >= 15 is 0 Å². The maximum absolute atomic E-state index is 12.5. The Bertz CT molecular complexity index is 457. The molecule has 0 aromatic heterocycles. The number of rotatable bonds is 2. The van der Waals surface area contributed by atoms with Gasteiger partial charge in [0.1, 0.15) is 6.10 Å². The van der Waals surface area contributed by atoms with Gasteiger partial charge < -0.3 is 9.64 Å². The van der Waals surface area contributed by atoms with Crippen LogP contribution < -0.4 is 0 Å².